The van der Waals surface area contributed by atoms with E-state index in [1.54, 1.807) is 25.3 Å². The van der Waals surface area contributed by atoms with Crippen LogP contribution in [0, 0.1) is 13.8 Å². The lowest BCUT2D eigenvalue weighted by molar-refractivity contribution is 0.00695. The fourth-order valence-electron chi connectivity index (χ4n) is 4.41. The van der Waals surface area contributed by atoms with Crippen molar-refractivity contribution < 1.29 is 23.7 Å². The molecule has 0 saturated heterocycles. The van der Waals surface area contributed by atoms with E-state index in [-0.39, 0.29) is 5.88 Å². The summed E-state index contributed by atoms with van der Waals surface area (Å²) in [6, 6.07) is 17.1. The second-order valence-corrected chi connectivity index (χ2v) is 10.3. The van der Waals surface area contributed by atoms with Crippen LogP contribution in [-0.4, -0.2) is 33.6 Å². The summed E-state index contributed by atoms with van der Waals surface area (Å²) in [5.74, 6) is 1.20. The fourth-order valence-corrected chi connectivity index (χ4v) is 4.41. The second-order valence-electron chi connectivity index (χ2n) is 10.3. The third-order valence-electron chi connectivity index (χ3n) is 6.36. The first-order valence-electron chi connectivity index (χ1n) is 12.7. The van der Waals surface area contributed by atoms with Gasteiger partial charge in [-0.1, -0.05) is 30.3 Å². The van der Waals surface area contributed by atoms with Gasteiger partial charge >= 0.3 is 5.97 Å². The minimum Gasteiger partial charge on any atom is -0.493 e. The highest BCUT2D eigenvalue weighted by Gasteiger charge is 2.27. The first kappa shape index (κ1) is 26.0. The van der Waals surface area contributed by atoms with Crippen LogP contribution in [0.15, 0.2) is 60.9 Å². The van der Waals surface area contributed by atoms with Gasteiger partial charge in [0.2, 0.25) is 5.88 Å². The van der Waals surface area contributed by atoms with Gasteiger partial charge in [-0.25, -0.2) is 14.8 Å². The van der Waals surface area contributed by atoms with Crippen LogP contribution >= 0.6 is 0 Å². The number of carbonyl (C=O) groups excluding carboxylic acids is 1. The van der Waals surface area contributed by atoms with Gasteiger partial charge in [0.1, 0.15) is 29.8 Å². The van der Waals surface area contributed by atoms with Crippen molar-refractivity contribution in [2.45, 2.75) is 46.8 Å². The Morgan fingerprint density at radius 1 is 0.949 bits per heavy atom. The van der Waals surface area contributed by atoms with E-state index in [1.807, 2.05) is 71.0 Å². The predicted octanol–water partition coefficient (Wildman–Crippen LogP) is 7.06. The Bertz CT molecular complexity index is 1670. The van der Waals surface area contributed by atoms with Gasteiger partial charge in [0, 0.05) is 22.7 Å². The third-order valence-corrected chi connectivity index (χ3v) is 6.36. The first-order valence-corrected chi connectivity index (χ1v) is 12.7. The number of hydrogen-bond donors (Lipinski definition) is 1. The average Bonchev–Trinajstić information content (AvgIpc) is 3.19. The lowest BCUT2D eigenvalue weighted by Gasteiger charge is -2.21. The zero-order chi connectivity index (χ0) is 27.7. The van der Waals surface area contributed by atoms with E-state index in [4.69, 9.17) is 18.9 Å². The van der Waals surface area contributed by atoms with Gasteiger partial charge in [-0.05, 0) is 63.9 Å². The molecule has 0 fully saturated rings. The summed E-state index contributed by atoms with van der Waals surface area (Å²) < 4.78 is 23.8. The molecule has 0 saturated carbocycles. The molecule has 8 nitrogen and oxygen atoms in total. The molecule has 0 bridgehead atoms. The Kier molecular flexibility index (Phi) is 6.87. The number of nitrogens with one attached hydrogen (secondary N) is 1. The van der Waals surface area contributed by atoms with Crippen molar-refractivity contribution >= 4 is 27.8 Å². The van der Waals surface area contributed by atoms with Crippen LogP contribution in [0.3, 0.4) is 0 Å². The minimum atomic E-state index is -0.680. The molecule has 3 aromatic carbocycles. The number of nitrogens with zero attached hydrogens (tertiary/aromatic N) is 2. The maximum absolute atomic E-state index is 13.5. The van der Waals surface area contributed by atoms with Gasteiger partial charge < -0.3 is 23.9 Å². The molecule has 0 aliphatic rings. The Morgan fingerprint density at radius 2 is 1.72 bits per heavy atom. The number of fused-ring (bicyclic) bond motifs is 2. The Balaban J connectivity index is 1.57. The van der Waals surface area contributed by atoms with Crippen molar-refractivity contribution in [2.75, 3.05) is 7.11 Å². The summed E-state index contributed by atoms with van der Waals surface area (Å²) in [5.41, 5.74) is 4.04. The summed E-state index contributed by atoms with van der Waals surface area (Å²) in [6.07, 6.45) is 1.42. The second kappa shape index (κ2) is 10.3. The van der Waals surface area contributed by atoms with Crippen LogP contribution in [0.5, 0.6) is 23.1 Å². The molecule has 200 valence electrons. The predicted molar refractivity (Wildman–Crippen MR) is 150 cm³/mol. The summed E-state index contributed by atoms with van der Waals surface area (Å²) in [5, 5.41) is 1.37. The molecular formula is C31H31N3O5. The molecule has 8 heteroatoms. The van der Waals surface area contributed by atoms with E-state index in [0.29, 0.717) is 40.3 Å². The van der Waals surface area contributed by atoms with Crippen LogP contribution in [0.2, 0.25) is 0 Å². The highest BCUT2D eigenvalue weighted by Crippen LogP contribution is 2.39. The largest absolute Gasteiger partial charge is 0.493 e. The van der Waals surface area contributed by atoms with Crippen molar-refractivity contribution in [3.05, 3.63) is 83.3 Å². The van der Waals surface area contributed by atoms with Gasteiger partial charge in [0.15, 0.2) is 11.5 Å². The van der Waals surface area contributed by atoms with Gasteiger partial charge in [0.05, 0.1) is 18.0 Å². The molecule has 39 heavy (non-hydrogen) atoms. The topological polar surface area (TPSA) is 95.6 Å². The van der Waals surface area contributed by atoms with E-state index in [1.165, 1.54) is 6.33 Å². The SMILES string of the molecule is COc1cc2c(Oc3ccc4[nH]c(C)c(C)c4c3C(=O)OC(C)(C)C)ncnc2cc1OCc1ccccc1. The molecule has 0 unspecified atom stereocenters. The summed E-state index contributed by atoms with van der Waals surface area (Å²) in [7, 11) is 1.58. The van der Waals surface area contributed by atoms with Crippen molar-refractivity contribution in [1.29, 1.82) is 0 Å². The van der Waals surface area contributed by atoms with E-state index >= 15 is 0 Å². The zero-order valence-electron chi connectivity index (χ0n) is 22.9. The van der Waals surface area contributed by atoms with Gasteiger partial charge in [-0.15, -0.1) is 0 Å². The number of H-pyrrole nitrogens is 1. The number of ether oxygens (including phenoxy) is 4. The highest BCUT2D eigenvalue weighted by atomic mass is 16.6. The van der Waals surface area contributed by atoms with E-state index in [0.717, 1.165) is 27.7 Å². The van der Waals surface area contributed by atoms with Crippen molar-refractivity contribution in [3.8, 4) is 23.1 Å². The standard InChI is InChI=1S/C31H31N3O5/c1-18-19(2)34-22-12-13-24(28(27(18)22)30(35)39-31(3,4)5)38-29-21-14-25(36-6)26(15-23(21)32-17-33-29)37-16-20-10-8-7-9-11-20/h7-15,17,34H,16H2,1-6H3. The first-order chi connectivity index (χ1) is 18.6. The van der Waals surface area contributed by atoms with Gasteiger partial charge in [-0.3, -0.25) is 0 Å². The molecular weight excluding hydrogens is 494 g/mol. The molecule has 0 amide bonds. The minimum absolute atomic E-state index is 0.280. The quantitative estimate of drug-likeness (QED) is 0.227. The molecule has 0 radical (unpaired) electrons. The van der Waals surface area contributed by atoms with E-state index in [2.05, 4.69) is 15.0 Å². The van der Waals surface area contributed by atoms with Crippen molar-refractivity contribution in [2.24, 2.45) is 0 Å². The molecule has 1 N–H and O–H groups in total. The summed E-state index contributed by atoms with van der Waals surface area (Å²) in [6.45, 7) is 9.82. The smallest absolute Gasteiger partial charge is 0.343 e. The monoisotopic (exact) mass is 525 g/mol. The molecule has 2 aromatic heterocycles. The summed E-state index contributed by atoms with van der Waals surface area (Å²) in [4.78, 5) is 25.6. The Morgan fingerprint density at radius 3 is 2.44 bits per heavy atom. The lowest BCUT2D eigenvalue weighted by Crippen LogP contribution is -2.24. The molecule has 0 spiro atoms. The summed E-state index contributed by atoms with van der Waals surface area (Å²) >= 11 is 0. The Hall–Kier alpha value is -4.59. The number of esters is 1. The maximum Gasteiger partial charge on any atom is 0.343 e. The number of rotatable bonds is 7. The number of carbonyl (C=O) groups is 1. The van der Waals surface area contributed by atoms with Gasteiger partial charge in [0.25, 0.3) is 0 Å². The van der Waals surface area contributed by atoms with Crippen LogP contribution in [-0.2, 0) is 11.3 Å². The average molecular weight is 526 g/mol. The molecule has 5 rings (SSSR count). The number of hydrogen-bond acceptors (Lipinski definition) is 7. The van der Waals surface area contributed by atoms with Crippen LogP contribution in [0.25, 0.3) is 21.8 Å². The number of aromatic amines is 1. The number of methoxy groups -OCH3 is 1. The fraction of sp³-hybridized carbons (Fsp3) is 0.258. The number of benzene rings is 3. The maximum atomic E-state index is 13.5. The third kappa shape index (κ3) is 5.36. The number of aromatic nitrogens is 3. The molecule has 2 heterocycles. The van der Waals surface area contributed by atoms with E-state index in [9.17, 15) is 4.79 Å². The van der Waals surface area contributed by atoms with Crippen LogP contribution in [0.1, 0.15) is 48.0 Å². The molecule has 0 aliphatic heterocycles. The van der Waals surface area contributed by atoms with Gasteiger partial charge in [-0.2, -0.15) is 0 Å². The van der Waals surface area contributed by atoms with E-state index < -0.39 is 11.6 Å². The number of aryl methyl sites for hydroxylation is 2. The Labute approximate surface area is 226 Å². The molecule has 0 aliphatic carbocycles. The molecule has 0 atom stereocenters. The van der Waals surface area contributed by atoms with Crippen LogP contribution < -0.4 is 14.2 Å². The normalized spacial score (nSPS) is 11.5. The molecule has 5 aromatic rings. The lowest BCUT2D eigenvalue weighted by atomic mass is 10.0. The highest BCUT2D eigenvalue weighted by molar-refractivity contribution is 6.08. The zero-order valence-corrected chi connectivity index (χ0v) is 22.9. The van der Waals surface area contributed by atoms with Crippen molar-refractivity contribution in [3.63, 3.8) is 0 Å². The van der Waals surface area contributed by atoms with Crippen molar-refractivity contribution in [1.82, 2.24) is 15.0 Å². The van der Waals surface area contributed by atoms with Crippen LogP contribution in [0.4, 0.5) is 0 Å².